The average Bonchev–Trinajstić information content (AvgIpc) is 2.37. The van der Waals surface area contributed by atoms with Crippen LogP contribution in [0.3, 0.4) is 0 Å². The molecule has 0 radical (unpaired) electrons. The summed E-state index contributed by atoms with van der Waals surface area (Å²) >= 11 is 0. The van der Waals surface area contributed by atoms with E-state index in [4.69, 9.17) is 0 Å². The molecule has 0 aromatic rings. The predicted octanol–water partition coefficient (Wildman–Crippen LogP) is 5.06. The van der Waals surface area contributed by atoms with Gasteiger partial charge in [0.05, 0.1) is 21.1 Å². The van der Waals surface area contributed by atoms with Gasteiger partial charge in [0, 0.05) is 0 Å². The maximum Gasteiger partial charge on any atom is 0.327 e. The van der Waals surface area contributed by atoms with E-state index in [9.17, 15) is 4.57 Å². The van der Waals surface area contributed by atoms with Crippen LogP contribution in [0.4, 0.5) is 0 Å². The van der Waals surface area contributed by atoms with Crippen molar-refractivity contribution in [2.75, 3.05) is 34.3 Å². The monoisotopic (exact) mass is 304 g/mol. The largest absolute Gasteiger partial charge is 0.329 e. The van der Waals surface area contributed by atoms with Crippen molar-refractivity contribution in [3.05, 3.63) is 0 Å². The average molecular weight is 304 g/mol. The molecule has 0 aliphatic heterocycles. The van der Waals surface area contributed by atoms with Crippen LogP contribution >= 0.6 is 8.69 Å². The van der Waals surface area contributed by atoms with Gasteiger partial charge >= 0.3 is 8.69 Å². The van der Waals surface area contributed by atoms with Gasteiger partial charge in [-0.05, 0) is 5.92 Å². The number of likely N-dealkylation sites (N-methyl/N-ethyl adjacent to an activating group) is 1. The molecule has 0 spiro atoms. The third-order valence-corrected chi connectivity index (χ3v) is 4.09. The summed E-state index contributed by atoms with van der Waals surface area (Å²) in [5, 5.41) is 0. The van der Waals surface area contributed by atoms with Gasteiger partial charge in [0.2, 0.25) is 0 Å². The van der Waals surface area contributed by atoms with E-state index in [0.717, 1.165) is 16.9 Å². The van der Waals surface area contributed by atoms with Crippen molar-refractivity contribution in [2.45, 2.75) is 64.7 Å². The quantitative estimate of drug-likeness (QED) is 0.412. The first-order valence-corrected chi connectivity index (χ1v) is 8.94. The second-order valence-corrected chi connectivity index (χ2v) is 7.49. The zero-order valence-electron chi connectivity index (χ0n) is 14.1. The fourth-order valence-electron chi connectivity index (χ4n) is 2.37. The van der Waals surface area contributed by atoms with Crippen LogP contribution in [0.5, 0.6) is 0 Å². The van der Waals surface area contributed by atoms with E-state index in [2.05, 4.69) is 32.6 Å². The lowest BCUT2D eigenvalue weighted by atomic mass is 9.94. The molecule has 4 heteroatoms. The van der Waals surface area contributed by atoms with Gasteiger partial charge in [0.15, 0.2) is 0 Å². The molecule has 1 rings (SSSR count). The minimum absolute atomic E-state index is 0.217. The van der Waals surface area contributed by atoms with Crippen molar-refractivity contribution in [2.24, 2.45) is 5.92 Å². The van der Waals surface area contributed by atoms with Crippen LogP contribution in [0.2, 0.25) is 0 Å². The molecule has 1 saturated carbocycles. The van der Waals surface area contributed by atoms with E-state index in [-0.39, 0.29) is 8.69 Å². The third kappa shape index (κ3) is 16.1. The Morgan fingerprint density at radius 2 is 1.40 bits per heavy atom. The van der Waals surface area contributed by atoms with Crippen molar-refractivity contribution in [3.63, 3.8) is 0 Å². The molecular weight excluding hydrogens is 269 g/mol. The van der Waals surface area contributed by atoms with Crippen molar-refractivity contribution in [1.82, 2.24) is 0 Å². The lowest BCUT2D eigenvalue weighted by molar-refractivity contribution is -0.870. The van der Waals surface area contributed by atoms with Gasteiger partial charge in [-0.25, -0.2) is 4.57 Å². The Labute approximate surface area is 128 Å². The Morgan fingerprint density at radius 3 is 1.80 bits per heavy atom. The van der Waals surface area contributed by atoms with Crippen LogP contribution in [0, 0.1) is 5.92 Å². The highest BCUT2D eigenvalue weighted by Crippen LogP contribution is 2.20. The van der Waals surface area contributed by atoms with Gasteiger partial charge in [0.25, 0.3) is 0 Å². The van der Waals surface area contributed by atoms with Gasteiger partial charge in [0.1, 0.15) is 13.2 Å². The van der Waals surface area contributed by atoms with E-state index in [0.29, 0.717) is 6.61 Å². The van der Waals surface area contributed by atoms with Crippen LogP contribution in [0.25, 0.3) is 0 Å². The second kappa shape index (κ2) is 12.7. The molecule has 0 atom stereocenters. The Hall–Kier alpha value is 0.0200. The molecular formula is C16H35NO2P+. The highest BCUT2D eigenvalue weighted by atomic mass is 31.1. The van der Waals surface area contributed by atoms with Crippen LogP contribution < -0.4 is 0 Å². The van der Waals surface area contributed by atoms with Gasteiger partial charge in [-0.1, -0.05) is 64.7 Å². The summed E-state index contributed by atoms with van der Waals surface area (Å²) in [7, 11) is 5.96. The van der Waals surface area contributed by atoms with Crippen molar-refractivity contribution in [1.29, 1.82) is 0 Å². The molecule has 0 amide bonds. The highest BCUT2D eigenvalue weighted by Gasteiger charge is 2.05. The Bertz CT molecular complexity index is 219. The molecule has 0 unspecified atom stereocenters. The maximum atomic E-state index is 9.76. The molecule has 0 aromatic carbocycles. The topological polar surface area (TPSA) is 26.3 Å². The SMILES string of the molecule is CC1CCCCCCCCC1.C[N+](C)(C)CCOP=O. The van der Waals surface area contributed by atoms with Crippen LogP contribution in [-0.4, -0.2) is 38.8 Å². The highest BCUT2D eigenvalue weighted by molar-refractivity contribution is 7.17. The Morgan fingerprint density at radius 1 is 0.950 bits per heavy atom. The van der Waals surface area contributed by atoms with E-state index >= 15 is 0 Å². The summed E-state index contributed by atoms with van der Waals surface area (Å²) < 4.78 is 15.2. The minimum Gasteiger partial charge on any atom is -0.329 e. The van der Waals surface area contributed by atoms with Crippen molar-refractivity contribution in [3.8, 4) is 0 Å². The normalized spacial score (nSPS) is 19.2. The fourth-order valence-corrected chi connectivity index (χ4v) is 2.52. The number of hydrogen-bond donors (Lipinski definition) is 0. The summed E-state index contributed by atoms with van der Waals surface area (Å²) in [6.07, 6.45) is 13.4. The number of rotatable bonds is 4. The molecule has 20 heavy (non-hydrogen) atoms. The molecule has 3 nitrogen and oxygen atoms in total. The molecule has 0 aromatic heterocycles. The van der Waals surface area contributed by atoms with Crippen molar-refractivity contribution >= 4 is 8.69 Å². The standard InChI is InChI=1S/C11H22.C5H13NO2P/c1-11-9-7-5-3-2-4-6-8-10-11;1-6(2,3)4-5-8-9-7/h11H,2-10H2,1H3;4-5H2,1-3H3/q;+1. The van der Waals surface area contributed by atoms with Crippen LogP contribution in [0.1, 0.15) is 64.7 Å². The molecule has 1 aliphatic rings. The molecule has 1 aliphatic carbocycles. The first kappa shape index (κ1) is 20.0. The molecule has 0 saturated heterocycles. The first-order chi connectivity index (χ1) is 9.45. The minimum atomic E-state index is -0.217. The lowest BCUT2D eigenvalue weighted by Crippen LogP contribution is -2.37. The third-order valence-electron chi connectivity index (χ3n) is 3.80. The number of hydrogen-bond acceptors (Lipinski definition) is 2. The van der Waals surface area contributed by atoms with Crippen LogP contribution in [0.15, 0.2) is 0 Å². The van der Waals surface area contributed by atoms with E-state index in [1.165, 1.54) is 57.8 Å². The molecule has 0 bridgehead atoms. The lowest BCUT2D eigenvalue weighted by Gasteiger charge is -2.22. The summed E-state index contributed by atoms with van der Waals surface area (Å²) in [6.45, 7) is 3.85. The van der Waals surface area contributed by atoms with Gasteiger partial charge in [-0.2, -0.15) is 0 Å². The van der Waals surface area contributed by atoms with Crippen molar-refractivity contribution < 1.29 is 13.6 Å². The molecule has 1 fully saturated rings. The zero-order chi connectivity index (χ0) is 15.3. The van der Waals surface area contributed by atoms with E-state index < -0.39 is 0 Å². The molecule has 120 valence electrons. The van der Waals surface area contributed by atoms with E-state index in [1.54, 1.807) is 0 Å². The predicted molar refractivity (Wildman–Crippen MR) is 87.2 cm³/mol. The molecule has 0 heterocycles. The Kier molecular flexibility index (Phi) is 12.8. The van der Waals surface area contributed by atoms with Gasteiger partial charge in [-0.15, -0.1) is 0 Å². The maximum absolute atomic E-state index is 9.76. The first-order valence-electron chi connectivity index (χ1n) is 8.21. The van der Waals surface area contributed by atoms with Gasteiger partial charge < -0.3 is 4.48 Å². The summed E-state index contributed by atoms with van der Waals surface area (Å²) in [5.41, 5.74) is 0. The summed E-state index contributed by atoms with van der Waals surface area (Å²) in [6, 6.07) is 0. The van der Waals surface area contributed by atoms with Crippen LogP contribution in [-0.2, 0) is 9.09 Å². The number of quaternary nitrogens is 1. The van der Waals surface area contributed by atoms with Gasteiger partial charge in [-0.3, -0.25) is 4.52 Å². The Balaban J connectivity index is 0.000000370. The summed E-state index contributed by atoms with van der Waals surface area (Å²) in [4.78, 5) is 0. The smallest absolute Gasteiger partial charge is 0.327 e. The number of nitrogens with zero attached hydrogens (tertiary/aromatic N) is 1. The summed E-state index contributed by atoms with van der Waals surface area (Å²) in [5.74, 6) is 1.01. The fraction of sp³-hybridized carbons (Fsp3) is 1.00. The molecule has 0 N–H and O–H groups in total. The zero-order valence-corrected chi connectivity index (χ0v) is 15.0. The van der Waals surface area contributed by atoms with E-state index in [1.807, 2.05) is 0 Å². The second-order valence-electron chi connectivity index (χ2n) is 7.08.